The van der Waals surface area contributed by atoms with Gasteiger partial charge in [-0.1, -0.05) is 0 Å². The topological polar surface area (TPSA) is 72.9 Å². The van der Waals surface area contributed by atoms with Gasteiger partial charge in [0.05, 0.1) is 18.7 Å². The van der Waals surface area contributed by atoms with E-state index < -0.39 is 6.10 Å². The molecule has 100 valence electrons. The minimum atomic E-state index is -0.442. The third-order valence-electron chi connectivity index (χ3n) is 3.96. The van der Waals surface area contributed by atoms with E-state index in [2.05, 4.69) is 5.32 Å². The van der Waals surface area contributed by atoms with Crippen molar-refractivity contribution in [3.8, 4) is 0 Å². The molecular formula is C12H19N3O3. The van der Waals surface area contributed by atoms with Crippen LogP contribution in [0.2, 0.25) is 0 Å². The second kappa shape index (κ2) is 4.51. The molecule has 18 heavy (non-hydrogen) atoms. The van der Waals surface area contributed by atoms with Gasteiger partial charge in [0.2, 0.25) is 11.8 Å². The Labute approximate surface area is 106 Å². The van der Waals surface area contributed by atoms with E-state index in [0.29, 0.717) is 32.1 Å². The lowest BCUT2D eigenvalue weighted by Gasteiger charge is -2.35. The normalized spacial score (nSPS) is 33.1. The van der Waals surface area contributed by atoms with E-state index in [4.69, 9.17) is 0 Å². The Morgan fingerprint density at radius 2 is 2.11 bits per heavy atom. The molecule has 0 radical (unpaired) electrons. The highest BCUT2D eigenvalue weighted by Crippen LogP contribution is 2.28. The number of β-amino-alcohol motifs (C(OH)–C–C–N with tert-alkyl or cyclic N) is 1. The van der Waals surface area contributed by atoms with Crippen molar-refractivity contribution in [2.75, 3.05) is 26.2 Å². The average molecular weight is 253 g/mol. The Morgan fingerprint density at radius 3 is 2.67 bits per heavy atom. The van der Waals surface area contributed by atoms with Crippen LogP contribution in [-0.4, -0.2) is 71.1 Å². The van der Waals surface area contributed by atoms with Crippen molar-refractivity contribution in [1.82, 2.24) is 15.1 Å². The molecule has 2 atom stereocenters. The van der Waals surface area contributed by atoms with Crippen LogP contribution in [0.15, 0.2) is 0 Å². The number of aliphatic hydroxyl groups is 1. The van der Waals surface area contributed by atoms with Crippen molar-refractivity contribution >= 4 is 11.8 Å². The van der Waals surface area contributed by atoms with E-state index in [9.17, 15) is 14.7 Å². The van der Waals surface area contributed by atoms with Gasteiger partial charge in [0.15, 0.2) is 0 Å². The first-order valence-corrected chi connectivity index (χ1v) is 6.65. The van der Waals surface area contributed by atoms with Gasteiger partial charge in [-0.25, -0.2) is 0 Å². The van der Waals surface area contributed by atoms with E-state index in [0.717, 1.165) is 12.8 Å². The Bertz CT molecular complexity index is 370. The monoisotopic (exact) mass is 253 g/mol. The summed E-state index contributed by atoms with van der Waals surface area (Å²) < 4.78 is 0. The predicted octanol–water partition coefficient (Wildman–Crippen LogP) is -1.46. The summed E-state index contributed by atoms with van der Waals surface area (Å²) in [5, 5.41) is 12.4. The minimum absolute atomic E-state index is 0.0460. The van der Waals surface area contributed by atoms with Crippen LogP contribution in [0.25, 0.3) is 0 Å². The van der Waals surface area contributed by atoms with Gasteiger partial charge in [-0.05, 0) is 19.3 Å². The molecule has 0 aromatic carbocycles. The number of amides is 2. The number of carbonyl (C=O) groups is 2. The van der Waals surface area contributed by atoms with Crippen LogP contribution in [-0.2, 0) is 9.59 Å². The van der Waals surface area contributed by atoms with Gasteiger partial charge in [-0.2, -0.15) is 0 Å². The number of aliphatic hydroxyl groups excluding tert-OH is 1. The smallest absolute Gasteiger partial charge is 0.242 e. The first kappa shape index (κ1) is 11.9. The van der Waals surface area contributed by atoms with Gasteiger partial charge in [0, 0.05) is 25.7 Å². The van der Waals surface area contributed by atoms with Crippen molar-refractivity contribution in [3.05, 3.63) is 0 Å². The van der Waals surface area contributed by atoms with E-state index in [1.165, 1.54) is 0 Å². The fourth-order valence-electron chi connectivity index (χ4n) is 2.77. The number of nitrogens with one attached hydrogen (secondary N) is 1. The molecule has 2 heterocycles. The molecular weight excluding hydrogens is 234 g/mol. The van der Waals surface area contributed by atoms with Crippen LogP contribution in [0.1, 0.15) is 19.3 Å². The summed E-state index contributed by atoms with van der Waals surface area (Å²) in [5.41, 5.74) is 0. The Kier molecular flexibility index (Phi) is 2.99. The average Bonchev–Trinajstić information content (AvgIpc) is 3.10. The molecule has 0 bridgehead atoms. The second-order valence-electron chi connectivity index (χ2n) is 5.43. The number of nitrogens with zero attached hydrogens (tertiary/aromatic N) is 2. The molecule has 2 amide bonds. The summed E-state index contributed by atoms with van der Waals surface area (Å²) in [5.74, 6) is 0.0194. The molecule has 2 aliphatic heterocycles. The first-order valence-electron chi connectivity index (χ1n) is 6.65. The molecule has 0 aromatic heterocycles. The summed E-state index contributed by atoms with van der Waals surface area (Å²) in [4.78, 5) is 27.6. The fourth-order valence-corrected chi connectivity index (χ4v) is 2.77. The molecule has 1 saturated carbocycles. The van der Waals surface area contributed by atoms with Crippen molar-refractivity contribution in [1.29, 1.82) is 0 Å². The summed E-state index contributed by atoms with van der Waals surface area (Å²) in [7, 11) is 0. The molecule has 3 aliphatic rings. The van der Waals surface area contributed by atoms with Gasteiger partial charge < -0.3 is 20.2 Å². The predicted molar refractivity (Wildman–Crippen MR) is 63.7 cm³/mol. The molecule has 0 aromatic rings. The molecule has 0 spiro atoms. The van der Waals surface area contributed by atoms with Crippen LogP contribution < -0.4 is 5.32 Å². The van der Waals surface area contributed by atoms with Crippen LogP contribution in [0.4, 0.5) is 0 Å². The molecule has 6 nitrogen and oxygen atoms in total. The van der Waals surface area contributed by atoms with Gasteiger partial charge >= 0.3 is 0 Å². The summed E-state index contributed by atoms with van der Waals surface area (Å²) in [6.07, 6.45) is 2.23. The number of hydrogen-bond donors (Lipinski definition) is 2. The zero-order valence-corrected chi connectivity index (χ0v) is 10.3. The van der Waals surface area contributed by atoms with E-state index in [1.54, 1.807) is 4.90 Å². The third kappa shape index (κ3) is 2.22. The van der Waals surface area contributed by atoms with Crippen molar-refractivity contribution < 1.29 is 14.7 Å². The van der Waals surface area contributed by atoms with Crippen LogP contribution >= 0.6 is 0 Å². The maximum atomic E-state index is 12.2. The minimum Gasteiger partial charge on any atom is -0.392 e. The van der Waals surface area contributed by atoms with Gasteiger partial charge in [0.25, 0.3) is 0 Å². The van der Waals surface area contributed by atoms with Gasteiger partial charge in [-0.3, -0.25) is 9.59 Å². The second-order valence-corrected chi connectivity index (χ2v) is 5.43. The maximum absolute atomic E-state index is 12.2. The van der Waals surface area contributed by atoms with E-state index >= 15 is 0 Å². The highest BCUT2D eigenvalue weighted by Gasteiger charge is 2.39. The van der Waals surface area contributed by atoms with E-state index in [-0.39, 0.29) is 24.4 Å². The lowest BCUT2D eigenvalue weighted by molar-refractivity contribution is -0.146. The zero-order valence-electron chi connectivity index (χ0n) is 10.3. The van der Waals surface area contributed by atoms with Crippen LogP contribution in [0.3, 0.4) is 0 Å². The van der Waals surface area contributed by atoms with Crippen LogP contribution in [0, 0.1) is 0 Å². The third-order valence-corrected chi connectivity index (χ3v) is 3.96. The molecule has 1 aliphatic carbocycles. The molecule has 3 fully saturated rings. The molecule has 2 N–H and O–H groups in total. The lowest BCUT2D eigenvalue weighted by atomic mass is 10.1. The maximum Gasteiger partial charge on any atom is 0.242 e. The molecule has 0 unspecified atom stereocenters. The quantitative estimate of drug-likeness (QED) is 0.631. The van der Waals surface area contributed by atoms with Gasteiger partial charge in [-0.15, -0.1) is 0 Å². The molecule has 2 saturated heterocycles. The fraction of sp³-hybridized carbons (Fsp3) is 0.833. The van der Waals surface area contributed by atoms with Crippen molar-refractivity contribution in [2.45, 2.75) is 37.5 Å². The zero-order chi connectivity index (χ0) is 12.7. The Balaban J connectivity index is 1.57. The lowest BCUT2D eigenvalue weighted by Crippen LogP contribution is -2.56. The number of carbonyl (C=O) groups excluding carboxylic acids is 2. The van der Waals surface area contributed by atoms with Gasteiger partial charge in [0.1, 0.15) is 0 Å². The van der Waals surface area contributed by atoms with Crippen molar-refractivity contribution in [2.24, 2.45) is 0 Å². The highest BCUT2D eigenvalue weighted by molar-refractivity contribution is 5.89. The number of hydrogen-bond acceptors (Lipinski definition) is 4. The summed E-state index contributed by atoms with van der Waals surface area (Å²) in [6, 6.07) is 0.112. The number of piperazine rings is 1. The Hall–Kier alpha value is -1.14. The van der Waals surface area contributed by atoms with Crippen LogP contribution in [0.5, 0.6) is 0 Å². The SMILES string of the molecule is O=C([C@H]1C[C@@H](O)CN1)N1CCN(C2CC2)C(=O)C1. The number of rotatable bonds is 2. The summed E-state index contributed by atoms with van der Waals surface area (Å²) in [6.45, 7) is 1.94. The van der Waals surface area contributed by atoms with Crippen molar-refractivity contribution in [3.63, 3.8) is 0 Å². The summed E-state index contributed by atoms with van der Waals surface area (Å²) >= 11 is 0. The standard InChI is InChI=1S/C12H19N3O3/c16-9-5-10(13-6-9)12(18)14-3-4-15(8-1-2-8)11(17)7-14/h8-10,13,16H,1-7H2/t9-,10-/m1/s1. The Morgan fingerprint density at radius 1 is 1.33 bits per heavy atom. The first-order chi connectivity index (χ1) is 8.65. The largest absolute Gasteiger partial charge is 0.392 e. The van der Waals surface area contributed by atoms with E-state index in [1.807, 2.05) is 4.90 Å². The molecule has 6 heteroatoms. The molecule has 3 rings (SSSR count). The highest BCUT2D eigenvalue weighted by atomic mass is 16.3.